The fraction of sp³-hybridized carbons (Fsp3) is 0.417. The summed E-state index contributed by atoms with van der Waals surface area (Å²) in [5, 5.41) is 4.28. The first-order chi connectivity index (χ1) is 15.6. The number of carbonyl (C=O) groups is 1. The molecule has 0 spiro atoms. The van der Waals surface area contributed by atoms with Crippen LogP contribution in [0.25, 0.3) is 0 Å². The van der Waals surface area contributed by atoms with Gasteiger partial charge in [-0.3, -0.25) is 4.79 Å². The molecule has 3 rings (SSSR count). The number of rotatable bonds is 10. The number of carbonyl (C=O) groups excluding carboxylic acids is 1. The number of ether oxygens (including phenoxy) is 1. The molecule has 0 aromatic heterocycles. The van der Waals surface area contributed by atoms with Crippen molar-refractivity contribution in [2.45, 2.75) is 13.3 Å². The molecule has 172 valence electrons. The molecule has 6 nitrogen and oxygen atoms in total. The van der Waals surface area contributed by atoms with E-state index in [0.717, 1.165) is 48.0 Å². The molecule has 1 aliphatic rings. The second-order valence-electron chi connectivity index (χ2n) is 7.43. The lowest BCUT2D eigenvalue weighted by Crippen LogP contribution is -2.40. The van der Waals surface area contributed by atoms with Crippen LogP contribution in [0, 0.1) is 5.82 Å². The second-order valence-corrected chi connectivity index (χ2v) is 8.65. The Hall–Kier alpha value is -2.74. The maximum atomic E-state index is 13.0. The van der Waals surface area contributed by atoms with E-state index >= 15 is 0 Å². The van der Waals surface area contributed by atoms with Crippen molar-refractivity contribution >= 4 is 29.1 Å². The number of nitrogens with zero attached hydrogens (tertiary/aromatic N) is 3. The number of halogens is 1. The second kappa shape index (κ2) is 12.3. The summed E-state index contributed by atoms with van der Waals surface area (Å²) in [5.41, 5.74) is 2.71. The van der Waals surface area contributed by atoms with E-state index in [4.69, 9.17) is 9.57 Å². The van der Waals surface area contributed by atoms with Gasteiger partial charge in [-0.1, -0.05) is 12.1 Å². The van der Waals surface area contributed by atoms with Gasteiger partial charge in [0.15, 0.2) is 6.61 Å². The lowest BCUT2D eigenvalue weighted by Gasteiger charge is -2.26. The predicted molar refractivity (Wildman–Crippen MR) is 128 cm³/mol. The Labute approximate surface area is 193 Å². The van der Waals surface area contributed by atoms with Gasteiger partial charge in [0.25, 0.3) is 5.91 Å². The molecule has 1 amide bonds. The standard InChI is InChI=1S/C24H30FN3O3S/c1-3-23(26-31-15-12-27(2)21-8-6-20(25)7-9-21)19-4-10-22(11-5-19)30-18-24(29)28-13-16-32-17-14-28/h4-11H,3,12-18H2,1-2H3/b26-23-. The molecule has 32 heavy (non-hydrogen) atoms. The van der Waals surface area contributed by atoms with Gasteiger partial charge in [0.1, 0.15) is 18.2 Å². The van der Waals surface area contributed by atoms with Gasteiger partial charge in [0.05, 0.1) is 12.3 Å². The highest BCUT2D eigenvalue weighted by Crippen LogP contribution is 2.16. The van der Waals surface area contributed by atoms with Crippen LogP contribution in [-0.2, 0) is 9.63 Å². The molecule has 0 aliphatic carbocycles. The van der Waals surface area contributed by atoms with Crippen LogP contribution in [0.2, 0.25) is 0 Å². The fourth-order valence-electron chi connectivity index (χ4n) is 3.24. The summed E-state index contributed by atoms with van der Waals surface area (Å²) < 4.78 is 18.7. The number of hydrogen-bond donors (Lipinski definition) is 0. The van der Waals surface area contributed by atoms with E-state index in [2.05, 4.69) is 5.16 Å². The Morgan fingerprint density at radius 2 is 1.81 bits per heavy atom. The molecule has 0 bridgehead atoms. The number of oxime groups is 1. The van der Waals surface area contributed by atoms with Crippen molar-refractivity contribution in [2.24, 2.45) is 5.16 Å². The summed E-state index contributed by atoms with van der Waals surface area (Å²) in [6, 6.07) is 13.9. The molecule has 0 atom stereocenters. The van der Waals surface area contributed by atoms with E-state index in [-0.39, 0.29) is 18.3 Å². The minimum Gasteiger partial charge on any atom is -0.484 e. The van der Waals surface area contributed by atoms with E-state index in [1.54, 1.807) is 12.1 Å². The summed E-state index contributed by atoms with van der Waals surface area (Å²) in [6.45, 7) is 4.71. The minimum absolute atomic E-state index is 0.0317. The first-order valence-electron chi connectivity index (χ1n) is 10.8. The summed E-state index contributed by atoms with van der Waals surface area (Å²) in [7, 11) is 1.93. The largest absolute Gasteiger partial charge is 0.484 e. The zero-order chi connectivity index (χ0) is 22.8. The summed E-state index contributed by atoms with van der Waals surface area (Å²) >= 11 is 1.87. The highest BCUT2D eigenvalue weighted by molar-refractivity contribution is 7.99. The lowest BCUT2D eigenvalue weighted by atomic mass is 10.1. The molecule has 0 saturated carbocycles. The molecule has 0 radical (unpaired) electrons. The average molecular weight is 460 g/mol. The van der Waals surface area contributed by atoms with Crippen LogP contribution in [0.5, 0.6) is 5.75 Å². The van der Waals surface area contributed by atoms with Gasteiger partial charge in [-0.05, 0) is 60.5 Å². The van der Waals surface area contributed by atoms with E-state index in [1.165, 1.54) is 12.1 Å². The van der Waals surface area contributed by atoms with Crippen LogP contribution in [0.4, 0.5) is 10.1 Å². The van der Waals surface area contributed by atoms with Gasteiger partial charge < -0.3 is 19.4 Å². The van der Waals surface area contributed by atoms with Crippen LogP contribution in [0.1, 0.15) is 18.9 Å². The molecule has 2 aromatic carbocycles. The topological polar surface area (TPSA) is 54.4 Å². The van der Waals surface area contributed by atoms with E-state index in [9.17, 15) is 9.18 Å². The van der Waals surface area contributed by atoms with Gasteiger partial charge in [0, 0.05) is 37.3 Å². The van der Waals surface area contributed by atoms with Gasteiger partial charge in [-0.15, -0.1) is 0 Å². The van der Waals surface area contributed by atoms with Crippen LogP contribution >= 0.6 is 11.8 Å². The van der Waals surface area contributed by atoms with Crippen molar-refractivity contribution in [3.63, 3.8) is 0 Å². The molecule has 1 saturated heterocycles. The van der Waals surface area contributed by atoms with Crippen LogP contribution in [0.3, 0.4) is 0 Å². The van der Waals surface area contributed by atoms with E-state index in [0.29, 0.717) is 18.9 Å². The van der Waals surface area contributed by atoms with Crippen LogP contribution in [-0.4, -0.2) is 67.9 Å². The first-order valence-corrected chi connectivity index (χ1v) is 12.0. The molecule has 0 N–H and O–H groups in total. The molecule has 2 aromatic rings. The highest BCUT2D eigenvalue weighted by Gasteiger charge is 2.17. The zero-order valence-electron chi connectivity index (χ0n) is 18.6. The maximum absolute atomic E-state index is 13.0. The Morgan fingerprint density at radius 1 is 1.12 bits per heavy atom. The van der Waals surface area contributed by atoms with Gasteiger partial charge in [0.2, 0.25) is 0 Å². The number of thioether (sulfide) groups is 1. The molecular formula is C24H30FN3O3S. The Balaban J connectivity index is 1.45. The smallest absolute Gasteiger partial charge is 0.260 e. The maximum Gasteiger partial charge on any atom is 0.260 e. The summed E-state index contributed by atoms with van der Waals surface area (Å²) in [4.78, 5) is 21.6. The third kappa shape index (κ3) is 7.15. The molecule has 1 aliphatic heterocycles. The van der Waals surface area contributed by atoms with E-state index < -0.39 is 0 Å². The summed E-state index contributed by atoms with van der Waals surface area (Å²) in [6.07, 6.45) is 0.722. The van der Waals surface area contributed by atoms with Crippen molar-refractivity contribution in [2.75, 3.05) is 56.3 Å². The Bertz CT molecular complexity index is 884. The van der Waals surface area contributed by atoms with Crippen LogP contribution in [0.15, 0.2) is 53.7 Å². The average Bonchev–Trinajstić information content (AvgIpc) is 2.84. The van der Waals surface area contributed by atoms with Crippen molar-refractivity contribution in [3.05, 3.63) is 59.9 Å². The van der Waals surface area contributed by atoms with Crippen molar-refractivity contribution in [3.8, 4) is 5.75 Å². The number of anilines is 1. The summed E-state index contributed by atoms with van der Waals surface area (Å²) in [5.74, 6) is 2.42. The molecule has 0 unspecified atom stereocenters. The van der Waals surface area contributed by atoms with Gasteiger partial charge >= 0.3 is 0 Å². The SMILES string of the molecule is CC/C(=N/OCCN(C)c1ccc(F)cc1)c1ccc(OCC(=O)N2CCSCC2)cc1. The number of amides is 1. The van der Waals surface area contributed by atoms with Gasteiger partial charge in [-0.25, -0.2) is 4.39 Å². The van der Waals surface area contributed by atoms with Crippen molar-refractivity contribution in [1.29, 1.82) is 0 Å². The fourth-order valence-corrected chi connectivity index (χ4v) is 4.14. The highest BCUT2D eigenvalue weighted by atomic mass is 32.2. The Morgan fingerprint density at radius 3 is 2.47 bits per heavy atom. The zero-order valence-corrected chi connectivity index (χ0v) is 19.4. The molecule has 1 fully saturated rings. The van der Waals surface area contributed by atoms with Gasteiger partial charge in [-0.2, -0.15) is 11.8 Å². The van der Waals surface area contributed by atoms with Crippen molar-refractivity contribution in [1.82, 2.24) is 4.90 Å². The third-order valence-corrected chi connectivity index (χ3v) is 6.15. The normalized spacial score (nSPS) is 14.2. The third-order valence-electron chi connectivity index (χ3n) is 5.21. The molecule has 1 heterocycles. The first kappa shape index (κ1) is 23.9. The predicted octanol–water partition coefficient (Wildman–Crippen LogP) is 4.05. The quantitative estimate of drug-likeness (QED) is 0.305. The Kier molecular flexibility index (Phi) is 9.22. The van der Waals surface area contributed by atoms with E-state index in [1.807, 2.05) is 59.8 Å². The lowest BCUT2D eigenvalue weighted by molar-refractivity contribution is -0.132. The number of benzene rings is 2. The minimum atomic E-state index is -0.250. The number of likely N-dealkylation sites (N-methyl/N-ethyl adjacent to an activating group) is 1. The number of hydrogen-bond acceptors (Lipinski definition) is 6. The molecular weight excluding hydrogens is 429 g/mol. The van der Waals surface area contributed by atoms with Crippen molar-refractivity contribution < 1.29 is 18.8 Å². The monoisotopic (exact) mass is 459 g/mol. The van der Waals surface area contributed by atoms with Crippen LogP contribution < -0.4 is 9.64 Å². The molecule has 8 heteroatoms.